The van der Waals surface area contributed by atoms with Crippen molar-refractivity contribution in [1.29, 1.82) is 0 Å². The highest BCUT2D eigenvalue weighted by Gasteiger charge is 2.22. The quantitative estimate of drug-likeness (QED) is 0.731. The van der Waals surface area contributed by atoms with Gasteiger partial charge in [0.15, 0.2) is 0 Å². The molecule has 0 fully saturated rings. The smallest absolute Gasteiger partial charge is 0.240 e. The SMILES string of the molecule is COc1ccccc1N(CCNS(=O)(=O)c1cccc(C)c1)S(C)(=O)=O. The molecule has 7 nitrogen and oxygen atoms in total. The van der Waals surface area contributed by atoms with Gasteiger partial charge in [-0.15, -0.1) is 0 Å². The Bertz CT molecular complexity index is 972. The van der Waals surface area contributed by atoms with E-state index in [0.717, 1.165) is 16.1 Å². The summed E-state index contributed by atoms with van der Waals surface area (Å²) in [5.74, 6) is 0.388. The van der Waals surface area contributed by atoms with Crippen molar-refractivity contribution in [3.63, 3.8) is 0 Å². The van der Waals surface area contributed by atoms with Gasteiger partial charge in [0.05, 0.1) is 23.9 Å². The summed E-state index contributed by atoms with van der Waals surface area (Å²) in [5.41, 5.74) is 1.17. The molecule has 0 radical (unpaired) electrons. The highest BCUT2D eigenvalue weighted by atomic mass is 32.2. The first kappa shape index (κ1) is 20.2. The van der Waals surface area contributed by atoms with Gasteiger partial charge in [-0.3, -0.25) is 4.31 Å². The van der Waals surface area contributed by atoms with Crippen LogP contribution in [0.5, 0.6) is 5.75 Å². The van der Waals surface area contributed by atoms with E-state index in [1.165, 1.54) is 13.2 Å². The Morgan fingerprint density at radius 3 is 2.35 bits per heavy atom. The third-order valence-electron chi connectivity index (χ3n) is 3.66. The molecule has 26 heavy (non-hydrogen) atoms. The molecule has 0 aromatic heterocycles. The lowest BCUT2D eigenvalue weighted by atomic mass is 10.2. The summed E-state index contributed by atoms with van der Waals surface area (Å²) < 4.78 is 57.8. The Hall–Kier alpha value is -2.10. The fourth-order valence-corrected chi connectivity index (χ4v) is 4.50. The van der Waals surface area contributed by atoms with E-state index in [-0.39, 0.29) is 18.0 Å². The van der Waals surface area contributed by atoms with Crippen molar-refractivity contribution in [3.8, 4) is 5.75 Å². The van der Waals surface area contributed by atoms with Crippen LogP contribution in [0.3, 0.4) is 0 Å². The van der Waals surface area contributed by atoms with E-state index in [4.69, 9.17) is 4.74 Å². The van der Waals surface area contributed by atoms with Crippen LogP contribution >= 0.6 is 0 Å². The molecule has 0 amide bonds. The second-order valence-electron chi connectivity index (χ2n) is 5.72. The number of ether oxygens (including phenoxy) is 1. The molecule has 2 aromatic rings. The van der Waals surface area contributed by atoms with Crippen molar-refractivity contribution >= 4 is 25.7 Å². The summed E-state index contributed by atoms with van der Waals surface area (Å²) in [6.07, 6.45) is 1.06. The molecule has 0 aliphatic rings. The Morgan fingerprint density at radius 2 is 1.73 bits per heavy atom. The average Bonchev–Trinajstić information content (AvgIpc) is 2.57. The van der Waals surface area contributed by atoms with Crippen molar-refractivity contribution in [2.45, 2.75) is 11.8 Å². The Balaban J connectivity index is 2.19. The van der Waals surface area contributed by atoms with Crippen molar-refractivity contribution < 1.29 is 21.6 Å². The predicted molar refractivity (Wildman–Crippen MR) is 102 cm³/mol. The number of aryl methyl sites for hydroxylation is 1. The van der Waals surface area contributed by atoms with E-state index < -0.39 is 20.0 Å². The summed E-state index contributed by atoms with van der Waals surface area (Å²) in [6, 6.07) is 13.2. The zero-order valence-corrected chi connectivity index (χ0v) is 16.5. The molecule has 0 saturated heterocycles. The molecule has 0 bridgehead atoms. The number of methoxy groups -OCH3 is 1. The van der Waals surface area contributed by atoms with Crippen LogP contribution in [0.2, 0.25) is 0 Å². The van der Waals surface area contributed by atoms with Crippen LogP contribution in [0, 0.1) is 6.92 Å². The number of para-hydroxylation sites is 2. The van der Waals surface area contributed by atoms with Crippen molar-refractivity contribution in [2.24, 2.45) is 0 Å². The average molecular weight is 399 g/mol. The van der Waals surface area contributed by atoms with E-state index in [2.05, 4.69) is 4.72 Å². The first-order valence-electron chi connectivity index (χ1n) is 7.82. The number of rotatable bonds is 8. The minimum absolute atomic E-state index is 0.0652. The van der Waals surface area contributed by atoms with Gasteiger partial charge in [0.25, 0.3) is 0 Å². The first-order valence-corrected chi connectivity index (χ1v) is 11.2. The van der Waals surface area contributed by atoms with Crippen LogP contribution in [0.25, 0.3) is 0 Å². The lowest BCUT2D eigenvalue weighted by molar-refractivity contribution is 0.415. The molecule has 142 valence electrons. The summed E-state index contributed by atoms with van der Waals surface area (Å²) in [7, 11) is -5.90. The second-order valence-corrected chi connectivity index (χ2v) is 9.40. The molecule has 0 atom stereocenters. The van der Waals surface area contributed by atoms with E-state index >= 15 is 0 Å². The monoisotopic (exact) mass is 398 g/mol. The fourth-order valence-electron chi connectivity index (χ4n) is 2.45. The van der Waals surface area contributed by atoms with Gasteiger partial charge in [-0.1, -0.05) is 24.3 Å². The Morgan fingerprint density at radius 1 is 1.04 bits per heavy atom. The number of sulfonamides is 2. The van der Waals surface area contributed by atoms with Crippen LogP contribution in [0.4, 0.5) is 5.69 Å². The standard InChI is InChI=1S/C17H22N2O5S2/c1-14-7-6-8-15(13-14)26(22,23)18-11-12-19(25(3,20)21)16-9-4-5-10-17(16)24-2/h4-10,13,18H,11-12H2,1-3H3. The number of hydrogen-bond donors (Lipinski definition) is 1. The van der Waals surface area contributed by atoms with Gasteiger partial charge in [0.1, 0.15) is 5.75 Å². The van der Waals surface area contributed by atoms with Gasteiger partial charge in [0, 0.05) is 13.1 Å². The molecule has 0 unspecified atom stereocenters. The van der Waals surface area contributed by atoms with E-state index in [1.54, 1.807) is 49.4 Å². The van der Waals surface area contributed by atoms with Gasteiger partial charge < -0.3 is 4.74 Å². The summed E-state index contributed by atoms with van der Waals surface area (Å²) in [6.45, 7) is 1.65. The molecular weight excluding hydrogens is 376 g/mol. The molecule has 0 saturated carbocycles. The fraction of sp³-hybridized carbons (Fsp3) is 0.294. The maximum atomic E-state index is 12.4. The predicted octanol–water partition coefficient (Wildman–Crippen LogP) is 1.75. The van der Waals surface area contributed by atoms with E-state index in [1.807, 2.05) is 0 Å². The highest BCUT2D eigenvalue weighted by molar-refractivity contribution is 7.92. The highest BCUT2D eigenvalue weighted by Crippen LogP contribution is 2.29. The molecule has 0 spiro atoms. The summed E-state index contributed by atoms with van der Waals surface area (Å²) in [4.78, 5) is 0.140. The molecule has 2 rings (SSSR count). The Labute approximate surface area is 154 Å². The van der Waals surface area contributed by atoms with Gasteiger partial charge >= 0.3 is 0 Å². The molecule has 2 aromatic carbocycles. The van der Waals surface area contributed by atoms with Crippen molar-refractivity contribution in [1.82, 2.24) is 4.72 Å². The number of nitrogens with zero attached hydrogens (tertiary/aromatic N) is 1. The lowest BCUT2D eigenvalue weighted by Crippen LogP contribution is -2.38. The lowest BCUT2D eigenvalue weighted by Gasteiger charge is -2.24. The number of nitrogens with one attached hydrogen (secondary N) is 1. The Kier molecular flexibility index (Phi) is 6.27. The zero-order chi connectivity index (χ0) is 19.4. The van der Waals surface area contributed by atoms with Crippen LogP contribution in [-0.4, -0.2) is 43.3 Å². The number of anilines is 1. The second kappa shape index (κ2) is 8.07. The van der Waals surface area contributed by atoms with E-state index in [0.29, 0.717) is 11.4 Å². The van der Waals surface area contributed by atoms with Gasteiger partial charge in [0.2, 0.25) is 20.0 Å². The van der Waals surface area contributed by atoms with Crippen molar-refractivity contribution in [2.75, 3.05) is 30.8 Å². The van der Waals surface area contributed by atoms with Gasteiger partial charge in [-0.05, 0) is 36.8 Å². The maximum Gasteiger partial charge on any atom is 0.240 e. The molecular formula is C17H22N2O5S2. The number of benzene rings is 2. The van der Waals surface area contributed by atoms with Crippen LogP contribution in [0.15, 0.2) is 53.4 Å². The minimum atomic E-state index is -3.72. The molecule has 1 N–H and O–H groups in total. The topological polar surface area (TPSA) is 92.8 Å². The maximum absolute atomic E-state index is 12.4. The normalized spacial score (nSPS) is 12.0. The largest absolute Gasteiger partial charge is 0.495 e. The molecule has 0 aliphatic carbocycles. The molecule has 0 aliphatic heterocycles. The van der Waals surface area contributed by atoms with Crippen LogP contribution in [0.1, 0.15) is 5.56 Å². The van der Waals surface area contributed by atoms with Crippen molar-refractivity contribution in [3.05, 3.63) is 54.1 Å². The third-order valence-corrected chi connectivity index (χ3v) is 6.30. The van der Waals surface area contributed by atoms with Gasteiger partial charge in [-0.2, -0.15) is 0 Å². The van der Waals surface area contributed by atoms with Crippen LogP contribution in [-0.2, 0) is 20.0 Å². The number of hydrogen-bond acceptors (Lipinski definition) is 5. The molecule has 9 heteroatoms. The third kappa shape index (κ3) is 4.96. The zero-order valence-electron chi connectivity index (χ0n) is 14.8. The summed E-state index contributed by atoms with van der Waals surface area (Å²) >= 11 is 0. The van der Waals surface area contributed by atoms with Gasteiger partial charge in [-0.25, -0.2) is 21.6 Å². The van der Waals surface area contributed by atoms with Crippen LogP contribution < -0.4 is 13.8 Å². The minimum Gasteiger partial charge on any atom is -0.495 e. The van der Waals surface area contributed by atoms with E-state index in [9.17, 15) is 16.8 Å². The first-order chi connectivity index (χ1) is 12.1. The summed E-state index contributed by atoms with van der Waals surface area (Å²) in [5, 5.41) is 0. The molecule has 0 heterocycles.